The first kappa shape index (κ1) is 22.3. The largest absolute Gasteiger partial charge is 0.491 e. The van der Waals surface area contributed by atoms with E-state index in [-0.39, 0.29) is 25.2 Å². The van der Waals surface area contributed by atoms with Crippen molar-refractivity contribution in [3.63, 3.8) is 0 Å². The Morgan fingerprint density at radius 3 is 2.71 bits per heavy atom. The monoisotopic (exact) mass is 476 g/mol. The van der Waals surface area contributed by atoms with Crippen LogP contribution in [0.15, 0.2) is 36.4 Å². The summed E-state index contributed by atoms with van der Waals surface area (Å²) in [5, 5.41) is 0. The Labute approximate surface area is 205 Å². The number of carbonyl (C=O) groups excluding carboxylic acids is 2. The fraction of sp³-hybridized carbons (Fsp3) is 0.500. The standard InChI is InChI=1S/C28H32N2O5/c1-18(2)12-26(31)29-10-5-6-19(15-29)9-11-30-22-8-4-3-7-20(22)28(27(30)32)16-33-23-14-25-24(13-21(23)28)34-17-35-25/h3-4,7-8,13-14,18-19H,5-6,9-12,15-17H2,1-2H3. The molecule has 2 aromatic rings. The zero-order valence-corrected chi connectivity index (χ0v) is 20.4. The maximum absolute atomic E-state index is 14.1. The smallest absolute Gasteiger partial charge is 0.245 e. The maximum atomic E-state index is 14.1. The molecule has 0 bridgehead atoms. The van der Waals surface area contributed by atoms with Crippen molar-refractivity contribution in [2.45, 2.75) is 44.9 Å². The van der Waals surface area contributed by atoms with Crippen molar-refractivity contribution in [1.29, 1.82) is 0 Å². The van der Waals surface area contributed by atoms with Crippen LogP contribution < -0.4 is 19.1 Å². The number of piperidine rings is 1. The highest BCUT2D eigenvalue weighted by atomic mass is 16.7. The average molecular weight is 477 g/mol. The van der Waals surface area contributed by atoms with Crippen LogP contribution in [0.3, 0.4) is 0 Å². The molecule has 2 unspecified atom stereocenters. The Kier molecular flexibility index (Phi) is 5.38. The number of amides is 2. The molecule has 0 N–H and O–H groups in total. The van der Waals surface area contributed by atoms with Gasteiger partial charge >= 0.3 is 0 Å². The molecule has 184 valence electrons. The average Bonchev–Trinajstić information content (AvgIpc) is 3.53. The number of hydrogen-bond donors (Lipinski definition) is 0. The molecule has 0 radical (unpaired) electrons. The summed E-state index contributed by atoms with van der Waals surface area (Å²) in [5.74, 6) is 3.08. The van der Waals surface area contributed by atoms with E-state index in [9.17, 15) is 9.59 Å². The van der Waals surface area contributed by atoms with Gasteiger partial charge in [-0.2, -0.15) is 0 Å². The second-order valence-electron chi connectivity index (χ2n) is 10.6. The highest BCUT2D eigenvalue weighted by Crippen LogP contribution is 2.55. The number of hydrogen-bond acceptors (Lipinski definition) is 5. The third kappa shape index (κ3) is 3.55. The van der Waals surface area contributed by atoms with E-state index in [0.29, 0.717) is 42.0 Å². The van der Waals surface area contributed by atoms with Crippen LogP contribution in [-0.4, -0.2) is 49.7 Å². The van der Waals surface area contributed by atoms with Crippen LogP contribution in [-0.2, 0) is 15.0 Å². The Bertz CT molecular complexity index is 1180. The van der Waals surface area contributed by atoms with Gasteiger partial charge in [0.2, 0.25) is 18.6 Å². The molecular weight excluding hydrogens is 444 g/mol. The SMILES string of the molecule is CC(C)CC(=O)N1CCCC(CCN2C(=O)C3(COc4cc5c(cc43)OCO5)c3ccccc32)C1. The van der Waals surface area contributed by atoms with Crippen molar-refractivity contribution in [2.75, 3.05) is 37.9 Å². The van der Waals surface area contributed by atoms with Gasteiger partial charge in [-0.25, -0.2) is 0 Å². The van der Waals surface area contributed by atoms with Crippen molar-refractivity contribution >= 4 is 17.5 Å². The van der Waals surface area contributed by atoms with Crippen molar-refractivity contribution in [3.05, 3.63) is 47.5 Å². The highest BCUT2D eigenvalue weighted by molar-refractivity contribution is 6.11. The third-order valence-corrected chi connectivity index (χ3v) is 7.86. The van der Waals surface area contributed by atoms with Crippen LogP contribution in [0.1, 0.15) is 50.7 Å². The number of fused-ring (bicyclic) bond motifs is 5. The molecule has 7 nitrogen and oxygen atoms in total. The molecule has 2 atom stereocenters. The van der Waals surface area contributed by atoms with Gasteiger partial charge in [-0.15, -0.1) is 0 Å². The summed E-state index contributed by atoms with van der Waals surface area (Å²) in [6.45, 7) is 6.90. The molecule has 1 saturated heterocycles. The first-order valence-corrected chi connectivity index (χ1v) is 12.7. The number of rotatable bonds is 5. The van der Waals surface area contributed by atoms with Crippen molar-refractivity contribution < 1.29 is 23.8 Å². The van der Waals surface area contributed by atoms with Crippen LogP contribution in [0.5, 0.6) is 17.2 Å². The first-order valence-electron chi connectivity index (χ1n) is 12.7. The fourth-order valence-electron chi connectivity index (χ4n) is 6.10. The number of likely N-dealkylation sites (tertiary alicyclic amines) is 1. The lowest BCUT2D eigenvalue weighted by Gasteiger charge is -2.34. The maximum Gasteiger partial charge on any atom is 0.245 e. The van der Waals surface area contributed by atoms with E-state index in [2.05, 4.69) is 13.8 Å². The number of nitrogens with zero attached hydrogens (tertiary/aromatic N) is 2. The Hall–Kier alpha value is -3.22. The fourth-order valence-corrected chi connectivity index (χ4v) is 6.10. The van der Waals surface area contributed by atoms with Gasteiger partial charge in [0.05, 0.1) is 0 Å². The van der Waals surface area contributed by atoms with E-state index in [1.807, 2.05) is 46.2 Å². The molecule has 4 heterocycles. The number of carbonyl (C=O) groups is 2. The van der Waals surface area contributed by atoms with Gasteiger partial charge in [-0.1, -0.05) is 32.0 Å². The lowest BCUT2D eigenvalue weighted by molar-refractivity contribution is -0.133. The number of para-hydroxylation sites is 1. The molecule has 6 rings (SSSR count). The lowest BCUT2D eigenvalue weighted by Crippen LogP contribution is -2.44. The minimum absolute atomic E-state index is 0.0554. The van der Waals surface area contributed by atoms with Crippen molar-refractivity contribution in [3.8, 4) is 17.2 Å². The van der Waals surface area contributed by atoms with Crippen LogP contribution in [0.2, 0.25) is 0 Å². The third-order valence-electron chi connectivity index (χ3n) is 7.86. The van der Waals surface area contributed by atoms with Gasteiger partial charge in [0.1, 0.15) is 17.8 Å². The van der Waals surface area contributed by atoms with Crippen LogP contribution in [0.4, 0.5) is 5.69 Å². The quantitative estimate of drug-likeness (QED) is 0.650. The van der Waals surface area contributed by atoms with E-state index >= 15 is 0 Å². The van der Waals surface area contributed by atoms with Gasteiger partial charge < -0.3 is 24.0 Å². The summed E-state index contributed by atoms with van der Waals surface area (Å²) in [4.78, 5) is 30.7. The zero-order chi connectivity index (χ0) is 24.2. The first-order chi connectivity index (χ1) is 17.0. The molecule has 0 aromatic heterocycles. The summed E-state index contributed by atoms with van der Waals surface area (Å²) in [5.41, 5.74) is 1.93. The Morgan fingerprint density at radius 1 is 1.09 bits per heavy atom. The molecular formula is C28H32N2O5. The van der Waals surface area contributed by atoms with Gasteiger partial charge in [-0.3, -0.25) is 9.59 Å². The molecule has 2 amide bonds. The van der Waals surface area contributed by atoms with E-state index < -0.39 is 5.41 Å². The summed E-state index contributed by atoms with van der Waals surface area (Å²) >= 11 is 0. The summed E-state index contributed by atoms with van der Waals surface area (Å²) in [7, 11) is 0. The van der Waals surface area contributed by atoms with E-state index in [0.717, 1.165) is 49.2 Å². The van der Waals surface area contributed by atoms with Crippen LogP contribution >= 0.6 is 0 Å². The van der Waals surface area contributed by atoms with E-state index in [4.69, 9.17) is 14.2 Å². The Balaban J connectivity index is 1.24. The van der Waals surface area contributed by atoms with Gasteiger partial charge in [0.15, 0.2) is 11.5 Å². The minimum atomic E-state index is -0.862. The number of ether oxygens (including phenoxy) is 3. The molecule has 0 saturated carbocycles. The number of benzene rings is 2. The summed E-state index contributed by atoms with van der Waals surface area (Å²) in [6, 6.07) is 11.8. The zero-order valence-electron chi connectivity index (χ0n) is 20.4. The number of anilines is 1. The highest BCUT2D eigenvalue weighted by Gasteiger charge is 2.57. The summed E-state index contributed by atoms with van der Waals surface area (Å²) < 4.78 is 17.2. The predicted octanol–water partition coefficient (Wildman–Crippen LogP) is 4.12. The molecule has 35 heavy (non-hydrogen) atoms. The van der Waals surface area contributed by atoms with Gasteiger partial charge in [-0.05, 0) is 48.8 Å². The Morgan fingerprint density at radius 2 is 1.89 bits per heavy atom. The normalized spacial score (nSPS) is 24.2. The second kappa shape index (κ2) is 8.47. The second-order valence-corrected chi connectivity index (χ2v) is 10.6. The topological polar surface area (TPSA) is 68.3 Å². The predicted molar refractivity (Wildman–Crippen MR) is 131 cm³/mol. The van der Waals surface area contributed by atoms with Gasteiger partial charge in [0, 0.05) is 43.4 Å². The van der Waals surface area contributed by atoms with E-state index in [1.165, 1.54) is 0 Å². The van der Waals surface area contributed by atoms with Crippen molar-refractivity contribution in [1.82, 2.24) is 4.90 Å². The van der Waals surface area contributed by atoms with Gasteiger partial charge in [0.25, 0.3) is 0 Å². The molecule has 1 fully saturated rings. The molecule has 4 aliphatic heterocycles. The lowest BCUT2D eigenvalue weighted by atomic mass is 9.77. The molecule has 4 aliphatic rings. The molecule has 7 heteroatoms. The summed E-state index contributed by atoms with van der Waals surface area (Å²) in [6.07, 6.45) is 3.59. The minimum Gasteiger partial charge on any atom is -0.491 e. The van der Waals surface area contributed by atoms with E-state index in [1.54, 1.807) is 0 Å². The van der Waals surface area contributed by atoms with Crippen LogP contribution in [0, 0.1) is 11.8 Å². The molecule has 1 spiro atoms. The molecule has 2 aromatic carbocycles. The van der Waals surface area contributed by atoms with Crippen LogP contribution in [0.25, 0.3) is 0 Å². The van der Waals surface area contributed by atoms with Crippen molar-refractivity contribution in [2.24, 2.45) is 11.8 Å². The molecule has 0 aliphatic carbocycles.